The summed E-state index contributed by atoms with van der Waals surface area (Å²) in [6.45, 7) is 0. The van der Waals surface area contributed by atoms with E-state index in [0.29, 0.717) is 0 Å². The first-order valence-electron chi connectivity index (χ1n) is 18.3. The lowest BCUT2D eigenvalue weighted by Gasteiger charge is -2.09. The molecule has 4 aromatic heterocycles. The van der Waals surface area contributed by atoms with Crippen LogP contribution in [0.15, 0.2) is 140 Å². The minimum Gasteiger partial charge on any atom is -0.354 e. The lowest BCUT2D eigenvalue weighted by Crippen LogP contribution is -1.99. The van der Waals surface area contributed by atoms with E-state index < -0.39 is 0 Å². The van der Waals surface area contributed by atoms with Crippen molar-refractivity contribution in [3.8, 4) is 44.5 Å². The maximum absolute atomic E-state index is 6.04. The van der Waals surface area contributed by atoms with Gasteiger partial charge in [-0.05, 0) is 106 Å². The summed E-state index contributed by atoms with van der Waals surface area (Å²) in [5.74, 6) is 0.246. The van der Waals surface area contributed by atoms with Crippen molar-refractivity contribution in [3.63, 3.8) is 0 Å². The van der Waals surface area contributed by atoms with Crippen molar-refractivity contribution in [2.45, 2.75) is 0 Å². The molecule has 0 saturated heterocycles. The largest absolute Gasteiger partial charge is 0.354 e. The van der Waals surface area contributed by atoms with Crippen molar-refractivity contribution in [1.29, 1.82) is 0 Å². The van der Waals surface area contributed by atoms with Gasteiger partial charge in [-0.1, -0.05) is 103 Å². The number of hydrogen-bond acceptors (Lipinski definition) is 6. The molecule has 0 saturated carbocycles. The Kier molecular flexibility index (Phi) is 8.74. The van der Waals surface area contributed by atoms with Crippen LogP contribution in [0.1, 0.15) is 22.8 Å². The summed E-state index contributed by atoms with van der Waals surface area (Å²) >= 11 is 12.1. The van der Waals surface area contributed by atoms with Gasteiger partial charge in [0.25, 0.3) is 0 Å². The highest BCUT2D eigenvalue weighted by atomic mass is 35.5. The maximum atomic E-state index is 6.04. The Hall–Kier alpha value is -7.13. The molecular weight excluding hydrogens is 747 g/mol. The molecule has 0 aliphatic carbocycles. The predicted octanol–water partition coefficient (Wildman–Crippen LogP) is 12.6. The summed E-state index contributed by atoms with van der Waals surface area (Å²) < 4.78 is 0. The van der Waals surface area contributed by atoms with E-state index in [0.717, 1.165) is 95.0 Å². The van der Waals surface area contributed by atoms with Crippen LogP contribution in [0.5, 0.6) is 0 Å². The van der Waals surface area contributed by atoms with Gasteiger partial charge in [0, 0.05) is 50.0 Å². The quantitative estimate of drug-likeness (QED) is 0.155. The van der Waals surface area contributed by atoms with E-state index in [2.05, 4.69) is 152 Å². The molecule has 8 bridgehead atoms. The van der Waals surface area contributed by atoms with Crippen LogP contribution in [0.2, 0.25) is 10.6 Å². The summed E-state index contributed by atoms with van der Waals surface area (Å²) in [4.78, 5) is 30.5. The third-order valence-corrected chi connectivity index (χ3v) is 10.3. The first-order valence-corrected chi connectivity index (χ1v) is 19.1. The van der Waals surface area contributed by atoms with Crippen molar-refractivity contribution >= 4 is 81.2 Å². The van der Waals surface area contributed by atoms with Crippen molar-refractivity contribution in [1.82, 2.24) is 34.9 Å². The molecule has 2 aliphatic heterocycles. The molecule has 0 atom stereocenters. The molecule has 4 aromatic carbocycles. The third-order valence-electron chi connectivity index (χ3n) is 9.95. The van der Waals surface area contributed by atoms with E-state index in [1.165, 1.54) is 0 Å². The van der Waals surface area contributed by atoms with E-state index in [4.69, 9.17) is 33.2 Å². The Balaban J connectivity index is 1.28. The van der Waals surface area contributed by atoms with Gasteiger partial charge in [0.15, 0.2) is 0 Å². The molecule has 3 N–H and O–H groups in total. The second-order valence-corrected chi connectivity index (χ2v) is 14.2. The number of rotatable bonds is 6. The van der Waals surface area contributed by atoms with Gasteiger partial charge in [-0.15, -0.1) is 0 Å². The fourth-order valence-electron chi connectivity index (χ4n) is 7.47. The van der Waals surface area contributed by atoms with Crippen molar-refractivity contribution in [2.24, 2.45) is 0 Å². The summed E-state index contributed by atoms with van der Waals surface area (Å²) in [5, 5.41) is 3.18. The molecule has 0 spiro atoms. The van der Waals surface area contributed by atoms with Gasteiger partial charge in [-0.2, -0.15) is 15.0 Å². The van der Waals surface area contributed by atoms with E-state index in [1.54, 1.807) is 0 Å². The van der Waals surface area contributed by atoms with Crippen LogP contribution in [-0.4, -0.2) is 34.9 Å². The number of aromatic amines is 2. The van der Waals surface area contributed by atoms with Gasteiger partial charge < -0.3 is 15.3 Å². The maximum Gasteiger partial charge on any atom is 0.232 e. The Labute approximate surface area is 337 Å². The predicted molar refractivity (Wildman–Crippen MR) is 234 cm³/mol. The summed E-state index contributed by atoms with van der Waals surface area (Å²) in [6, 6.07) is 47.8. The zero-order chi connectivity index (χ0) is 38.3. The molecule has 8 nitrogen and oxygen atoms in total. The minimum absolute atomic E-state index is 0.00571. The number of benzene rings is 4. The Morgan fingerprint density at radius 3 is 1.16 bits per heavy atom. The van der Waals surface area contributed by atoms with Crippen molar-refractivity contribution in [2.75, 3.05) is 5.32 Å². The highest BCUT2D eigenvalue weighted by Crippen LogP contribution is 2.38. The first-order chi connectivity index (χ1) is 28.0. The second kappa shape index (κ2) is 14.5. The number of H-pyrrole nitrogens is 2. The van der Waals surface area contributed by atoms with Crippen LogP contribution in [0.4, 0.5) is 11.6 Å². The van der Waals surface area contributed by atoms with Gasteiger partial charge in [0.1, 0.15) is 0 Å². The summed E-state index contributed by atoms with van der Waals surface area (Å²) in [7, 11) is 0. The van der Waals surface area contributed by atoms with Gasteiger partial charge in [-0.25, -0.2) is 9.97 Å². The molecule has 0 fully saturated rings. The number of nitrogens with zero attached hydrogens (tertiary/aromatic N) is 5. The molecule has 0 radical (unpaired) electrons. The number of halogens is 2. The summed E-state index contributed by atoms with van der Waals surface area (Å²) in [6.07, 6.45) is 8.32. The van der Waals surface area contributed by atoms with Crippen LogP contribution in [0.3, 0.4) is 0 Å². The minimum atomic E-state index is 0.00571. The highest BCUT2D eigenvalue weighted by molar-refractivity contribution is 6.31. The van der Waals surface area contributed by atoms with Crippen LogP contribution >= 0.6 is 23.2 Å². The van der Waals surface area contributed by atoms with Crippen LogP contribution < -0.4 is 5.32 Å². The topological polar surface area (TPSA) is 108 Å². The average molecular weight is 778 g/mol. The van der Waals surface area contributed by atoms with Crippen LogP contribution in [-0.2, 0) is 0 Å². The molecule has 0 amide bonds. The number of fused-ring (bicyclic) bond motifs is 8. The zero-order valence-corrected chi connectivity index (χ0v) is 31.6. The number of aromatic nitrogens is 7. The lowest BCUT2D eigenvalue weighted by molar-refractivity contribution is 1.05. The van der Waals surface area contributed by atoms with E-state index in [-0.39, 0.29) is 16.5 Å². The smallest absolute Gasteiger partial charge is 0.232 e. The average Bonchev–Trinajstić information content (AvgIpc) is 4.08. The number of hydrogen-bond donors (Lipinski definition) is 3. The second-order valence-electron chi connectivity index (χ2n) is 13.5. The van der Waals surface area contributed by atoms with E-state index in [1.807, 2.05) is 42.5 Å². The molecule has 2 aliphatic rings. The van der Waals surface area contributed by atoms with E-state index >= 15 is 0 Å². The third kappa shape index (κ3) is 6.67. The van der Waals surface area contributed by atoms with Crippen LogP contribution in [0, 0.1) is 0 Å². The number of anilines is 2. The van der Waals surface area contributed by atoms with Crippen molar-refractivity contribution < 1.29 is 0 Å². The Morgan fingerprint density at radius 2 is 0.719 bits per heavy atom. The standard InChI is InChI=1S/C47H30Cl2N8/c48-45-55-46(49)57-47(56-45)50-32-18-16-31(17-19-32)44-39-26-24-37(53-39)42(29-12-6-2-7-13-29)35-22-20-33(51-35)41(28-10-4-1-5-11-28)34-21-23-36(52-34)43(30-14-8-3-9-15-30)38-25-27-40(44)54-38/h1-27,51-52H,(H,50,55,56,57). The van der Waals surface area contributed by atoms with E-state index in [9.17, 15) is 0 Å². The SMILES string of the molecule is Clc1nc(Cl)nc(Nc2ccc(-c3c4nc(c(-c5ccccc5)c5ccc([nH]5)c(-c5ccccc5)c5ccc([nH]5)c(-c5ccccc5)c5nc3C=C5)C=C4)cc2)n1. The molecule has 10 rings (SSSR count). The molecule has 8 aromatic rings. The number of nitrogens with one attached hydrogen (secondary N) is 3. The van der Waals surface area contributed by atoms with Crippen molar-refractivity contribution in [3.05, 3.63) is 173 Å². The molecule has 0 unspecified atom stereocenters. The fourth-order valence-corrected chi connectivity index (χ4v) is 7.83. The fraction of sp³-hybridized carbons (Fsp3) is 0. The van der Waals surface area contributed by atoms with Gasteiger partial charge in [0.2, 0.25) is 16.5 Å². The first kappa shape index (κ1) is 34.4. The monoisotopic (exact) mass is 776 g/mol. The highest BCUT2D eigenvalue weighted by Gasteiger charge is 2.19. The van der Waals surface area contributed by atoms with Gasteiger partial charge in [0.05, 0.1) is 22.8 Å². The lowest BCUT2D eigenvalue weighted by atomic mass is 10.0. The zero-order valence-electron chi connectivity index (χ0n) is 30.1. The van der Waals surface area contributed by atoms with Gasteiger partial charge in [-0.3, -0.25) is 0 Å². The van der Waals surface area contributed by atoms with Crippen LogP contribution in [0.25, 0.3) is 90.9 Å². The molecule has 6 heterocycles. The Bertz CT molecular complexity index is 2890. The molecule has 272 valence electrons. The molecule has 10 heteroatoms. The molecular formula is C47H30Cl2N8. The normalized spacial score (nSPS) is 11.9. The summed E-state index contributed by atoms with van der Waals surface area (Å²) in [5.41, 5.74) is 15.9. The molecule has 57 heavy (non-hydrogen) atoms. The Morgan fingerprint density at radius 1 is 0.351 bits per heavy atom. The van der Waals surface area contributed by atoms with Gasteiger partial charge >= 0.3 is 0 Å².